The van der Waals surface area contributed by atoms with Gasteiger partial charge in [0.05, 0.1) is 10.5 Å². The molecule has 2 heterocycles. The molecule has 1 N–H and O–H groups in total. The van der Waals surface area contributed by atoms with Crippen LogP contribution in [0.5, 0.6) is 0 Å². The standard InChI is InChI=1S/C15H16BrN5S/c1-9(11-7-5-4-6-8-11)21-14(17-18-15(21)22)13-12(16)10(2)20(3)19-13/h4-9H,1-3H3,(H,18,22). The lowest BCUT2D eigenvalue weighted by atomic mass is 10.1. The smallest absolute Gasteiger partial charge is 0.196 e. The van der Waals surface area contributed by atoms with Crippen molar-refractivity contribution in [2.45, 2.75) is 19.9 Å². The number of hydrogen-bond donors (Lipinski definition) is 1. The molecule has 0 aliphatic carbocycles. The number of benzene rings is 1. The van der Waals surface area contributed by atoms with Gasteiger partial charge >= 0.3 is 0 Å². The van der Waals surface area contributed by atoms with Gasteiger partial charge in [0.1, 0.15) is 5.69 Å². The van der Waals surface area contributed by atoms with Gasteiger partial charge in [-0.3, -0.25) is 14.3 Å². The SMILES string of the molecule is Cc1c(Br)c(-c2n[nH]c(=S)n2C(C)c2ccccc2)nn1C. The van der Waals surface area contributed by atoms with Crippen molar-refractivity contribution in [2.24, 2.45) is 7.05 Å². The number of nitrogens with one attached hydrogen (secondary N) is 1. The normalized spacial score (nSPS) is 12.5. The van der Waals surface area contributed by atoms with Gasteiger partial charge in [-0.05, 0) is 47.6 Å². The molecule has 3 aromatic rings. The minimum Gasteiger partial charge on any atom is -0.291 e. The average Bonchev–Trinajstić information content (AvgIpc) is 3.02. The molecule has 22 heavy (non-hydrogen) atoms. The van der Waals surface area contributed by atoms with Crippen LogP contribution in [-0.2, 0) is 7.05 Å². The highest BCUT2D eigenvalue weighted by molar-refractivity contribution is 9.10. The summed E-state index contributed by atoms with van der Waals surface area (Å²) in [5.74, 6) is 0.733. The molecule has 5 nitrogen and oxygen atoms in total. The van der Waals surface area contributed by atoms with E-state index in [4.69, 9.17) is 12.2 Å². The van der Waals surface area contributed by atoms with Crippen LogP contribution in [0.25, 0.3) is 11.5 Å². The molecule has 0 aliphatic heterocycles. The van der Waals surface area contributed by atoms with Crippen LogP contribution < -0.4 is 0 Å². The van der Waals surface area contributed by atoms with Crippen molar-refractivity contribution in [3.63, 3.8) is 0 Å². The highest BCUT2D eigenvalue weighted by atomic mass is 79.9. The lowest BCUT2D eigenvalue weighted by Gasteiger charge is -2.15. The molecule has 0 fully saturated rings. The highest BCUT2D eigenvalue weighted by Gasteiger charge is 2.21. The Labute approximate surface area is 142 Å². The van der Waals surface area contributed by atoms with Crippen LogP contribution in [0.15, 0.2) is 34.8 Å². The lowest BCUT2D eigenvalue weighted by Crippen LogP contribution is -2.09. The van der Waals surface area contributed by atoms with Gasteiger partial charge in [-0.2, -0.15) is 10.2 Å². The third-order valence-electron chi connectivity index (χ3n) is 3.85. The molecular weight excluding hydrogens is 362 g/mol. The van der Waals surface area contributed by atoms with Crippen molar-refractivity contribution in [2.75, 3.05) is 0 Å². The van der Waals surface area contributed by atoms with E-state index < -0.39 is 0 Å². The molecule has 0 spiro atoms. The Hall–Kier alpha value is -1.73. The van der Waals surface area contributed by atoms with Crippen LogP contribution in [0.4, 0.5) is 0 Å². The van der Waals surface area contributed by atoms with Crippen LogP contribution in [0.1, 0.15) is 24.2 Å². The number of aromatic nitrogens is 5. The number of rotatable bonds is 3. The van der Waals surface area contributed by atoms with Gasteiger partial charge < -0.3 is 0 Å². The molecule has 0 saturated carbocycles. The third kappa shape index (κ3) is 2.44. The molecule has 0 amide bonds. The van der Waals surface area contributed by atoms with E-state index in [0.29, 0.717) is 4.77 Å². The van der Waals surface area contributed by atoms with Gasteiger partial charge in [0, 0.05) is 12.7 Å². The maximum Gasteiger partial charge on any atom is 0.196 e. The van der Waals surface area contributed by atoms with Gasteiger partial charge in [0.2, 0.25) is 0 Å². The first-order valence-corrected chi connectivity index (χ1v) is 8.12. The second kappa shape index (κ2) is 5.81. The maximum absolute atomic E-state index is 5.43. The molecule has 1 unspecified atom stereocenters. The second-order valence-electron chi connectivity index (χ2n) is 5.18. The van der Waals surface area contributed by atoms with Crippen molar-refractivity contribution in [3.05, 3.63) is 50.8 Å². The zero-order valence-electron chi connectivity index (χ0n) is 12.5. The number of halogens is 1. The molecule has 7 heteroatoms. The van der Waals surface area contributed by atoms with Crippen molar-refractivity contribution in [3.8, 4) is 11.5 Å². The minimum atomic E-state index is 0.0664. The van der Waals surface area contributed by atoms with E-state index in [1.807, 2.05) is 41.4 Å². The number of aryl methyl sites for hydroxylation is 1. The van der Waals surface area contributed by atoms with Crippen molar-refractivity contribution >= 4 is 28.1 Å². The molecule has 2 aromatic heterocycles. The first-order valence-electron chi connectivity index (χ1n) is 6.92. The van der Waals surface area contributed by atoms with Crippen LogP contribution in [0.2, 0.25) is 0 Å². The largest absolute Gasteiger partial charge is 0.291 e. The predicted molar refractivity (Wildman–Crippen MR) is 92.3 cm³/mol. The molecule has 3 rings (SSSR count). The van der Waals surface area contributed by atoms with Gasteiger partial charge in [-0.25, -0.2) is 0 Å². The van der Waals surface area contributed by atoms with E-state index >= 15 is 0 Å². The summed E-state index contributed by atoms with van der Waals surface area (Å²) < 4.78 is 5.35. The zero-order chi connectivity index (χ0) is 15.9. The van der Waals surface area contributed by atoms with Crippen LogP contribution in [0.3, 0.4) is 0 Å². The van der Waals surface area contributed by atoms with E-state index in [1.54, 1.807) is 0 Å². The van der Waals surface area contributed by atoms with Gasteiger partial charge in [0.25, 0.3) is 0 Å². The summed E-state index contributed by atoms with van der Waals surface area (Å²) in [6, 6.07) is 10.3. The summed E-state index contributed by atoms with van der Waals surface area (Å²) in [5.41, 5.74) is 3.00. The Morgan fingerprint density at radius 2 is 1.95 bits per heavy atom. The van der Waals surface area contributed by atoms with Crippen molar-refractivity contribution in [1.29, 1.82) is 0 Å². The molecule has 0 aliphatic rings. The van der Waals surface area contributed by atoms with Gasteiger partial charge in [-0.15, -0.1) is 0 Å². The Kier molecular flexibility index (Phi) is 4.01. The van der Waals surface area contributed by atoms with Crippen molar-refractivity contribution in [1.82, 2.24) is 24.5 Å². The molecule has 114 valence electrons. The summed E-state index contributed by atoms with van der Waals surface area (Å²) in [6.45, 7) is 4.11. The Morgan fingerprint density at radius 3 is 2.55 bits per heavy atom. The van der Waals surface area contributed by atoms with Gasteiger partial charge in [0.15, 0.2) is 10.6 Å². The topological polar surface area (TPSA) is 51.4 Å². The van der Waals surface area contributed by atoms with Crippen LogP contribution >= 0.6 is 28.1 Å². The summed E-state index contributed by atoms with van der Waals surface area (Å²) in [7, 11) is 1.91. The summed E-state index contributed by atoms with van der Waals surface area (Å²) in [6.07, 6.45) is 0. The zero-order valence-corrected chi connectivity index (χ0v) is 14.9. The molecule has 1 atom stereocenters. The fraction of sp³-hybridized carbons (Fsp3) is 0.267. The Bertz CT molecular complexity index is 862. The van der Waals surface area contributed by atoms with Crippen LogP contribution in [-0.4, -0.2) is 24.5 Å². The van der Waals surface area contributed by atoms with E-state index in [-0.39, 0.29) is 6.04 Å². The van der Waals surface area contributed by atoms with E-state index in [1.165, 1.54) is 5.56 Å². The molecule has 1 aromatic carbocycles. The number of hydrogen-bond acceptors (Lipinski definition) is 3. The number of H-pyrrole nitrogens is 1. The third-order valence-corrected chi connectivity index (χ3v) is 5.08. The first kappa shape index (κ1) is 15.2. The summed E-state index contributed by atoms with van der Waals surface area (Å²) in [4.78, 5) is 0. The second-order valence-corrected chi connectivity index (χ2v) is 6.36. The Morgan fingerprint density at radius 1 is 1.27 bits per heavy atom. The quantitative estimate of drug-likeness (QED) is 0.701. The molecule has 0 saturated heterocycles. The molecule has 0 radical (unpaired) electrons. The monoisotopic (exact) mass is 377 g/mol. The predicted octanol–water partition coefficient (Wildman–Crippen LogP) is 4.02. The Balaban J connectivity index is 2.16. The maximum atomic E-state index is 5.43. The lowest BCUT2D eigenvalue weighted by molar-refractivity contribution is 0.632. The van der Waals surface area contributed by atoms with Crippen molar-refractivity contribution < 1.29 is 0 Å². The van der Waals surface area contributed by atoms with E-state index in [9.17, 15) is 0 Å². The highest BCUT2D eigenvalue weighted by Crippen LogP contribution is 2.31. The molecular formula is C15H16BrN5S. The minimum absolute atomic E-state index is 0.0664. The number of aromatic amines is 1. The number of nitrogens with zero attached hydrogens (tertiary/aromatic N) is 4. The summed E-state index contributed by atoms with van der Waals surface area (Å²) >= 11 is 9.03. The summed E-state index contributed by atoms with van der Waals surface area (Å²) in [5, 5.41) is 11.8. The van der Waals surface area contributed by atoms with Crippen LogP contribution in [0, 0.1) is 11.7 Å². The van der Waals surface area contributed by atoms with E-state index in [2.05, 4.69) is 50.3 Å². The van der Waals surface area contributed by atoms with Gasteiger partial charge in [-0.1, -0.05) is 30.3 Å². The average molecular weight is 378 g/mol. The first-order chi connectivity index (χ1) is 10.5. The molecule has 0 bridgehead atoms. The van der Waals surface area contributed by atoms with E-state index in [0.717, 1.165) is 21.7 Å². The fourth-order valence-electron chi connectivity index (χ4n) is 2.44. The fourth-order valence-corrected chi connectivity index (χ4v) is 3.24.